The van der Waals surface area contributed by atoms with Crippen molar-refractivity contribution in [3.63, 3.8) is 0 Å². The van der Waals surface area contributed by atoms with Gasteiger partial charge in [0, 0.05) is 18.8 Å². The lowest BCUT2D eigenvalue weighted by atomic mass is 9.99. The van der Waals surface area contributed by atoms with Gasteiger partial charge >= 0.3 is 0 Å². The minimum absolute atomic E-state index is 0.0539. The monoisotopic (exact) mass is 411 g/mol. The van der Waals surface area contributed by atoms with Gasteiger partial charge in [0.25, 0.3) is 0 Å². The Morgan fingerprint density at radius 3 is 2.43 bits per heavy atom. The fourth-order valence-corrected chi connectivity index (χ4v) is 3.60. The number of nitrogens with one attached hydrogen (secondary N) is 2. The molecule has 0 saturated heterocycles. The topological polar surface area (TPSA) is 79.9 Å². The van der Waals surface area contributed by atoms with E-state index in [1.54, 1.807) is 14.2 Å². The zero-order valence-corrected chi connectivity index (χ0v) is 18.0. The minimum atomic E-state index is -0.238. The molecule has 0 bridgehead atoms. The highest BCUT2D eigenvalue weighted by atomic mass is 16.5. The van der Waals surface area contributed by atoms with Gasteiger partial charge in [-0.3, -0.25) is 14.5 Å². The molecule has 7 nitrogen and oxygen atoms in total. The summed E-state index contributed by atoms with van der Waals surface area (Å²) in [6.07, 6.45) is 0.829. The summed E-state index contributed by atoms with van der Waals surface area (Å²) in [5, 5.41) is 5.56. The number of nitrogens with zero attached hydrogens (tertiary/aromatic N) is 1. The van der Waals surface area contributed by atoms with Crippen molar-refractivity contribution in [3.05, 3.63) is 52.6 Å². The molecule has 7 heteroatoms. The van der Waals surface area contributed by atoms with E-state index < -0.39 is 0 Å². The van der Waals surface area contributed by atoms with Gasteiger partial charge in [0.05, 0.1) is 27.3 Å². The van der Waals surface area contributed by atoms with Crippen LogP contribution in [0.1, 0.15) is 22.3 Å². The molecule has 30 heavy (non-hydrogen) atoms. The maximum Gasteiger partial charge on any atom is 0.243 e. The molecule has 160 valence electrons. The lowest BCUT2D eigenvalue weighted by molar-refractivity contribution is -0.125. The van der Waals surface area contributed by atoms with Crippen molar-refractivity contribution >= 4 is 17.5 Å². The van der Waals surface area contributed by atoms with Gasteiger partial charge in [-0.05, 0) is 60.7 Å². The van der Waals surface area contributed by atoms with E-state index >= 15 is 0 Å². The van der Waals surface area contributed by atoms with Gasteiger partial charge in [0.15, 0.2) is 11.5 Å². The van der Waals surface area contributed by atoms with E-state index in [-0.39, 0.29) is 24.9 Å². The lowest BCUT2D eigenvalue weighted by Gasteiger charge is -2.29. The van der Waals surface area contributed by atoms with Gasteiger partial charge < -0.3 is 20.1 Å². The molecule has 0 spiro atoms. The molecule has 2 N–H and O–H groups in total. The van der Waals surface area contributed by atoms with E-state index in [0.29, 0.717) is 12.3 Å². The van der Waals surface area contributed by atoms with Crippen molar-refractivity contribution in [2.75, 3.05) is 39.2 Å². The van der Waals surface area contributed by atoms with E-state index in [9.17, 15) is 9.59 Å². The molecular formula is C23H29N3O4. The summed E-state index contributed by atoms with van der Waals surface area (Å²) >= 11 is 0. The predicted molar refractivity (Wildman–Crippen MR) is 116 cm³/mol. The molecule has 0 radical (unpaired) electrons. The van der Waals surface area contributed by atoms with E-state index in [1.807, 2.05) is 44.2 Å². The largest absolute Gasteiger partial charge is 0.493 e. The first-order valence-electron chi connectivity index (χ1n) is 10.00. The van der Waals surface area contributed by atoms with Crippen LogP contribution in [0.3, 0.4) is 0 Å². The van der Waals surface area contributed by atoms with Crippen LogP contribution in [0.25, 0.3) is 0 Å². The maximum absolute atomic E-state index is 12.3. The Labute approximate surface area is 177 Å². The van der Waals surface area contributed by atoms with Crippen LogP contribution in [0.15, 0.2) is 30.3 Å². The molecule has 2 aromatic carbocycles. The zero-order valence-electron chi connectivity index (χ0n) is 18.0. The first-order chi connectivity index (χ1) is 14.4. The average Bonchev–Trinajstić information content (AvgIpc) is 2.74. The third kappa shape index (κ3) is 5.10. The van der Waals surface area contributed by atoms with Crippen molar-refractivity contribution < 1.29 is 19.1 Å². The standard InChI is InChI=1S/C23H29N3O4/c1-15-6-5-7-19(16(15)2)25-22(27)12-24-23(28)14-26-9-8-17-10-20(29-3)21(30-4)11-18(17)13-26/h5-7,10-11H,8-9,12-14H2,1-4H3,(H,24,28)(H,25,27). The Morgan fingerprint density at radius 2 is 1.73 bits per heavy atom. The van der Waals surface area contributed by atoms with Crippen molar-refractivity contribution in [1.29, 1.82) is 0 Å². The van der Waals surface area contributed by atoms with Crippen LogP contribution < -0.4 is 20.1 Å². The number of benzene rings is 2. The van der Waals surface area contributed by atoms with Crippen LogP contribution in [-0.4, -0.2) is 50.6 Å². The van der Waals surface area contributed by atoms with E-state index in [0.717, 1.165) is 41.1 Å². The highest BCUT2D eigenvalue weighted by Gasteiger charge is 2.21. The second-order valence-corrected chi connectivity index (χ2v) is 7.51. The fraction of sp³-hybridized carbons (Fsp3) is 0.391. The summed E-state index contributed by atoms with van der Waals surface area (Å²) in [5.74, 6) is 0.996. The smallest absolute Gasteiger partial charge is 0.243 e. The highest BCUT2D eigenvalue weighted by Crippen LogP contribution is 2.33. The summed E-state index contributed by atoms with van der Waals surface area (Å²) < 4.78 is 10.7. The minimum Gasteiger partial charge on any atom is -0.493 e. The summed E-state index contributed by atoms with van der Waals surface area (Å²) in [5.41, 5.74) is 5.23. The third-order valence-corrected chi connectivity index (χ3v) is 5.49. The number of anilines is 1. The molecule has 2 aromatic rings. The summed E-state index contributed by atoms with van der Waals surface area (Å²) in [7, 11) is 3.24. The Balaban J connectivity index is 1.51. The molecule has 0 aliphatic carbocycles. The quantitative estimate of drug-likeness (QED) is 0.732. The number of rotatable bonds is 7. The number of hydrogen-bond acceptors (Lipinski definition) is 5. The average molecular weight is 412 g/mol. The number of aryl methyl sites for hydroxylation is 1. The van der Waals surface area contributed by atoms with Gasteiger partial charge in [0.2, 0.25) is 11.8 Å². The normalized spacial score (nSPS) is 13.3. The molecule has 1 aliphatic rings. The third-order valence-electron chi connectivity index (χ3n) is 5.49. The Bertz CT molecular complexity index is 942. The van der Waals surface area contributed by atoms with Crippen LogP contribution in [0.2, 0.25) is 0 Å². The Kier molecular flexibility index (Phi) is 6.95. The van der Waals surface area contributed by atoms with Gasteiger partial charge in [-0.2, -0.15) is 0 Å². The van der Waals surface area contributed by atoms with Crippen molar-refractivity contribution in [1.82, 2.24) is 10.2 Å². The van der Waals surface area contributed by atoms with Crippen LogP contribution in [0, 0.1) is 13.8 Å². The second-order valence-electron chi connectivity index (χ2n) is 7.51. The molecule has 0 saturated carbocycles. The molecule has 0 fully saturated rings. The number of carbonyl (C=O) groups excluding carboxylic acids is 2. The molecular weight excluding hydrogens is 382 g/mol. The molecule has 2 amide bonds. The van der Waals surface area contributed by atoms with Gasteiger partial charge in [0.1, 0.15) is 0 Å². The predicted octanol–water partition coefficient (Wildman–Crippen LogP) is 2.43. The van der Waals surface area contributed by atoms with E-state index in [4.69, 9.17) is 9.47 Å². The SMILES string of the molecule is COc1cc2c(cc1OC)CN(CC(=O)NCC(=O)Nc1cccc(C)c1C)CC2. The van der Waals surface area contributed by atoms with Gasteiger partial charge in [-0.15, -0.1) is 0 Å². The van der Waals surface area contributed by atoms with Gasteiger partial charge in [-0.25, -0.2) is 0 Å². The molecule has 0 atom stereocenters. The molecule has 1 heterocycles. The summed E-state index contributed by atoms with van der Waals surface area (Å²) in [6, 6.07) is 9.72. The number of methoxy groups -OCH3 is 2. The fourth-order valence-electron chi connectivity index (χ4n) is 3.60. The number of fused-ring (bicyclic) bond motifs is 1. The molecule has 0 unspecified atom stereocenters. The number of carbonyl (C=O) groups is 2. The van der Waals surface area contributed by atoms with Crippen LogP contribution in [-0.2, 0) is 22.6 Å². The highest BCUT2D eigenvalue weighted by molar-refractivity contribution is 5.95. The van der Waals surface area contributed by atoms with Crippen molar-refractivity contribution in [2.24, 2.45) is 0 Å². The maximum atomic E-state index is 12.3. The summed E-state index contributed by atoms with van der Waals surface area (Å²) in [4.78, 5) is 26.6. The molecule has 1 aliphatic heterocycles. The summed E-state index contributed by atoms with van der Waals surface area (Å²) in [6.45, 7) is 5.56. The second kappa shape index (κ2) is 9.63. The lowest BCUT2D eigenvalue weighted by Crippen LogP contribution is -2.42. The zero-order chi connectivity index (χ0) is 21.7. The van der Waals surface area contributed by atoms with Crippen LogP contribution >= 0.6 is 0 Å². The van der Waals surface area contributed by atoms with E-state index in [1.165, 1.54) is 5.56 Å². The van der Waals surface area contributed by atoms with E-state index in [2.05, 4.69) is 15.5 Å². The first-order valence-corrected chi connectivity index (χ1v) is 10.00. The molecule has 0 aromatic heterocycles. The molecule has 3 rings (SSSR count). The van der Waals surface area contributed by atoms with Gasteiger partial charge in [-0.1, -0.05) is 12.1 Å². The van der Waals surface area contributed by atoms with Crippen molar-refractivity contribution in [3.8, 4) is 11.5 Å². The number of ether oxygens (including phenoxy) is 2. The van der Waals surface area contributed by atoms with Crippen LogP contribution in [0.5, 0.6) is 11.5 Å². The van der Waals surface area contributed by atoms with Crippen molar-refractivity contribution in [2.45, 2.75) is 26.8 Å². The Hall–Kier alpha value is -3.06. The Morgan fingerprint density at radius 1 is 1.03 bits per heavy atom. The number of amides is 2. The van der Waals surface area contributed by atoms with Crippen LogP contribution in [0.4, 0.5) is 5.69 Å². The number of hydrogen-bond donors (Lipinski definition) is 2. The first kappa shape index (κ1) is 21.6.